The molecule has 2 atom stereocenters. The van der Waals surface area contributed by atoms with Crippen molar-refractivity contribution in [2.75, 3.05) is 26.4 Å². The minimum absolute atomic E-state index is 0.0532. The molecular formula is C34H66NO8P. The van der Waals surface area contributed by atoms with Gasteiger partial charge in [-0.15, -0.1) is 0 Å². The van der Waals surface area contributed by atoms with Crippen LogP contribution in [0.1, 0.15) is 162 Å². The maximum Gasteiger partial charge on any atom is 0.472 e. The number of esters is 2. The van der Waals surface area contributed by atoms with Crippen molar-refractivity contribution in [2.24, 2.45) is 5.73 Å². The van der Waals surface area contributed by atoms with Crippen LogP contribution >= 0.6 is 7.82 Å². The summed E-state index contributed by atoms with van der Waals surface area (Å²) in [5.41, 5.74) is 5.31. The van der Waals surface area contributed by atoms with Crippen molar-refractivity contribution in [3.8, 4) is 0 Å². The Bertz CT molecular complexity index is 749. The monoisotopic (exact) mass is 647 g/mol. The number of phosphoric ester groups is 1. The molecule has 260 valence electrons. The Balaban J connectivity index is 4.22. The lowest BCUT2D eigenvalue weighted by atomic mass is 10.1. The molecule has 0 aromatic heterocycles. The molecule has 0 saturated carbocycles. The highest BCUT2D eigenvalue weighted by atomic mass is 31.2. The largest absolute Gasteiger partial charge is 0.472 e. The molecule has 0 radical (unpaired) electrons. The van der Waals surface area contributed by atoms with Crippen LogP contribution in [0, 0.1) is 0 Å². The first kappa shape index (κ1) is 42.8. The van der Waals surface area contributed by atoms with Gasteiger partial charge in [0.2, 0.25) is 0 Å². The SMILES string of the molecule is CCCCCCCCCCC/C=C/CCCCC(=O)OC[C@@H](COP(=O)(O)OCCN)OC(=O)CCCCCCCCCC. The van der Waals surface area contributed by atoms with E-state index in [4.69, 9.17) is 24.3 Å². The van der Waals surface area contributed by atoms with Gasteiger partial charge in [-0.2, -0.15) is 0 Å². The van der Waals surface area contributed by atoms with Crippen molar-refractivity contribution in [1.29, 1.82) is 0 Å². The van der Waals surface area contributed by atoms with Crippen molar-refractivity contribution in [3.63, 3.8) is 0 Å². The molecule has 0 aliphatic rings. The van der Waals surface area contributed by atoms with E-state index >= 15 is 0 Å². The number of rotatable bonds is 33. The van der Waals surface area contributed by atoms with Crippen LogP contribution in [0.25, 0.3) is 0 Å². The Morgan fingerprint density at radius 3 is 1.66 bits per heavy atom. The van der Waals surface area contributed by atoms with Crippen LogP contribution in [-0.2, 0) is 32.7 Å². The Morgan fingerprint density at radius 1 is 0.659 bits per heavy atom. The number of hydrogen-bond donors (Lipinski definition) is 2. The van der Waals surface area contributed by atoms with Gasteiger partial charge >= 0.3 is 19.8 Å². The van der Waals surface area contributed by atoms with Crippen LogP contribution < -0.4 is 5.73 Å². The van der Waals surface area contributed by atoms with Gasteiger partial charge in [-0.3, -0.25) is 18.6 Å². The number of nitrogens with two attached hydrogens (primary N) is 1. The van der Waals surface area contributed by atoms with E-state index in [2.05, 4.69) is 26.0 Å². The van der Waals surface area contributed by atoms with E-state index in [1.165, 1.54) is 83.5 Å². The standard InChI is InChI=1S/C34H66NO8P/c1-3-5-7-9-11-13-14-15-16-17-18-19-21-22-24-26-33(36)40-30-32(31-42-44(38,39)41-29-28-35)43-34(37)27-25-23-20-12-10-8-6-4-2/h18-19,32H,3-17,20-31,35H2,1-2H3,(H,38,39)/b19-18+/t32-/m0/s1. The zero-order valence-electron chi connectivity index (χ0n) is 28.2. The normalized spacial score (nSPS) is 13.6. The van der Waals surface area contributed by atoms with Crippen molar-refractivity contribution >= 4 is 19.8 Å². The van der Waals surface area contributed by atoms with Crippen LogP contribution in [0.3, 0.4) is 0 Å². The lowest BCUT2D eigenvalue weighted by molar-refractivity contribution is -0.161. The second kappa shape index (κ2) is 31.7. The third-order valence-corrected chi connectivity index (χ3v) is 8.39. The molecule has 0 spiro atoms. The molecule has 9 nitrogen and oxygen atoms in total. The fourth-order valence-electron chi connectivity index (χ4n) is 4.74. The van der Waals surface area contributed by atoms with Crippen molar-refractivity contribution in [2.45, 2.75) is 168 Å². The molecule has 0 aliphatic carbocycles. The number of carbonyl (C=O) groups is 2. The zero-order chi connectivity index (χ0) is 32.6. The predicted molar refractivity (Wildman–Crippen MR) is 178 cm³/mol. The van der Waals surface area contributed by atoms with Gasteiger partial charge in [-0.05, 0) is 38.5 Å². The summed E-state index contributed by atoms with van der Waals surface area (Å²) < 4.78 is 32.5. The van der Waals surface area contributed by atoms with E-state index in [1.807, 2.05) is 0 Å². The topological polar surface area (TPSA) is 134 Å². The summed E-state index contributed by atoms with van der Waals surface area (Å²) in [6.45, 7) is 3.66. The van der Waals surface area contributed by atoms with Crippen LogP contribution in [0.4, 0.5) is 0 Å². The number of hydrogen-bond acceptors (Lipinski definition) is 8. The summed E-state index contributed by atoms with van der Waals surface area (Å²) in [5, 5.41) is 0. The summed E-state index contributed by atoms with van der Waals surface area (Å²) >= 11 is 0. The number of ether oxygens (including phenoxy) is 2. The second-order valence-electron chi connectivity index (χ2n) is 11.7. The molecule has 0 aromatic rings. The Labute approximate surface area is 269 Å². The highest BCUT2D eigenvalue weighted by Crippen LogP contribution is 2.43. The van der Waals surface area contributed by atoms with E-state index in [0.29, 0.717) is 12.8 Å². The van der Waals surface area contributed by atoms with Gasteiger partial charge in [0.15, 0.2) is 6.10 Å². The predicted octanol–water partition coefficient (Wildman–Crippen LogP) is 9.10. The van der Waals surface area contributed by atoms with E-state index in [-0.39, 0.29) is 32.6 Å². The molecule has 0 fully saturated rings. The third kappa shape index (κ3) is 30.8. The summed E-state index contributed by atoms with van der Waals surface area (Å²) in [7, 11) is -4.36. The second-order valence-corrected chi connectivity index (χ2v) is 13.2. The number of carbonyl (C=O) groups excluding carboxylic acids is 2. The van der Waals surface area contributed by atoms with Crippen LogP contribution in [-0.4, -0.2) is 49.3 Å². The van der Waals surface area contributed by atoms with Gasteiger partial charge in [0.25, 0.3) is 0 Å². The van der Waals surface area contributed by atoms with Crippen molar-refractivity contribution in [1.82, 2.24) is 0 Å². The van der Waals surface area contributed by atoms with Crippen LogP contribution in [0.15, 0.2) is 12.2 Å². The molecule has 1 unspecified atom stereocenters. The molecule has 0 saturated heterocycles. The van der Waals surface area contributed by atoms with E-state index in [1.54, 1.807) is 0 Å². The van der Waals surface area contributed by atoms with Gasteiger partial charge in [0.1, 0.15) is 6.61 Å². The number of unbranched alkanes of at least 4 members (excludes halogenated alkanes) is 18. The molecule has 0 aromatic carbocycles. The molecule has 0 aliphatic heterocycles. The molecule has 0 rings (SSSR count). The van der Waals surface area contributed by atoms with Crippen molar-refractivity contribution in [3.05, 3.63) is 12.2 Å². The van der Waals surface area contributed by atoms with Crippen LogP contribution in [0.2, 0.25) is 0 Å². The minimum atomic E-state index is -4.36. The average molecular weight is 648 g/mol. The molecule has 0 bridgehead atoms. The third-order valence-electron chi connectivity index (χ3n) is 7.40. The van der Waals surface area contributed by atoms with Gasteiger partial charge in [0, 0.05) is 19.4 Å². The molecular weight excluding hydrogens is 581 g/mol. The molecule has 3 N–H and O–H groups in total. The van der Waals surface area contributed by atoms with Gasteiger partial charge < -0.3 is 20.1 Å². The Hall–Kier alpha value is -1.25. The van der Waals surface area contributed by atoms with Gasteiger partial charge in [-0.1, -0.05) is 122 Å². The minimum Gasteiger partial charge on any atom is -0.462 e. The number of phosphoric acid groups is 1. The summed E-state index contributed by atoms with van der Waals surface area (Å²) in [6, 6.07) is 0. The first-order chi connectivity index (χ1) is 21.3. The quantitative estimate of drug-likeness (QED) is 0.0309. The average Bonchev–Trinajstić information content (AvgIpc) is 3.00. The highest BCUT2D eigenvalue weighted by Gasteiger charge is 2.25. The molecule has 0 amide bonds. The summed E-state index contributed by atoms with van der Waals surface area (Å²) in [4.78, 5) is 34.5. The van der Waals surface area contributed by atoms with Gasteiger partial charge in [0.05, 0.1) is 13.2 Å². The van der Waals surface area contributed by atoms with E-state index in [0.717, 1.165) is 38.5 Å². The fourth-order valence-corrected chi connectivity index (χ4v) is 5.51. The summed E-state index contributed by atoms with van der Waals surface area (Å²) in [5.74, 6) is -0.857. The summed E-state index contributed by atoms with van der Waals surface area (Å²) in [6.07, 6.45) is 28.3. The maximum absolute atomic E-state index is 12.4. The highest BCUT2D eigenvalue weighted by molar-refractivity contribution is 7.47. The zero-order valence-corrected chi connectivity index (χ0v) is 29.0. The molecule has 10 heteroatoms. The Morgan fingerprint density at radius 2 is 1.11 bits per heavy atom. The van der Waals surface area contributed by atoms with E-state index in [9.17, 15) is 19.0 Å². The van der Waals surface area contributed by atoms with E-state index < -0.39 is 32.5 Å². The maximum atomic E-state index is 12.4. The van der Waals surface area contributed by atoms with Crippen molar-refractivity contribution < 1.29 is 37.6 Å². The lowest BCUT2D eigenvalue weighted by Crippen LogP contribution is -2.29. The Kier molecular flexibility index (Phi) is 30.8. The lowest BCUT2D eigenvalue weighted by Gasteiger charge is -2.19. The fraction of sp³-hybridized carbons (Fsp3) is 0.882. The van der Waals surface area contributed by atoms with Crippen LogP contribution in [0.5, 0.6) is 0 Å². The van der Waals surface area contributed by atoms with Gasteiger partial charge in [-0.25, -0.2) is 4.57 Å². The smallest absolute Gasteiger partial charge is 0.462 e. The molecule has 0 heterocycles. The first-order valence-corrected chi connectivity index (χ1v) is 19.2. The number of allylic oxidation sites excluding steroid dienone is 2. The first-order valence-electron chi connectivity index (χ1n) is 17.7. The molecule has 44 heavy (non-hydrogen) atoms.